The van der Waals surface area contributed by atoms with Crippen molar-refractivity contribution in [3.05, 3.63) is 23.4 Å². The summed E-state index contributed by atoms with van der Waals surface area (Å²) in [5.41, 5.74) is 6.99. The van der Waals surface area contributed by atoms with Crippen LogP contribution in [0.3, 0.4) is 0 Å². The lowest BCUT2D eigenvalue weighted by Gasteiger charge is -2.23. The lowest BCUT2D eigenvalue weighted by molar-refractivity contribution is 0.0550. The molecule has 1 rings (SSSR count). The Bertz CT molecular complexity index is 422. The van der Waals surface area contributed by atoms with Crippen LogP contribution in [0.4, 0.5) is 5.82 Å². The highest BCUT2D eigenvalue weighted by molar-refractivity contribution is 5.95. The third kappa shape index (κ3) is 6.10. The lowest BCUT2D eigenvalue weighted by atomic mass is 10.2. The van der Waals surface area contributed by atoms with Gasteiger partial charge in [0.05, 0.1) is 13.2 Å². The number of rotatable bonds is 9. The van der Waals surface area contributed by atoms with Crippen molar-refractivity contribution >= 4 is 11.7 Å². The number of hydrogen-bond donors (Lipinski definition) is 1. The van der Waals surface area contributed by atoms with E-state index >= 15 is 0 Å². The van der Waals surface area contributed by atoms with Crippen molar-refractivity contribution < 1.29 is 14.3 Å². The SMILES string of the molecule is CCOCCN(CCOCC)C(=O)c1cc(C)nc(N)c1. The minimum atomic E-state index is -0.0772. The first kappa shape index (κ1) is 17.4. The topological polar surface area (TPSA) is 77.7 Å². The molecule has 6 nitrogen and oxygen atoms in total. The van der Waals surface area contributed by atoms with Gasteiger partial charge in [-0.2, -0.15) is 0 Å². The molecule has 0 unspecified atom stereocenters. The molecule has 0 spiro atoms. The molecule has 1 aromatic rings. The number of nitrogens with zero attached hydrogens (tertiary/aromatic N) is 2. The smallest absolute Gasteiger partial charge is 0.254 e. The number of nitrogens with two attached hydrogens (primary N) is 1. The summed E-state index contributed by atoms with van der Waals surface area (Å²) in [4.78, 5) is 18.4. The first-order valence-electron chi connectivity index (χ1n) is 7.27. The number of nitrogen functional groups attached to an aromatic ring is 1. The number of carbonyl (C=O) groups is 1. The van der Waals surface area contributed by atoms with Gasteiger partial charge in [0.1, 0.15) is 5.82 Å². The van der Waals surface area contributed by atoms with Crippen molar-refractivity contribution in [1.82, 2.24) is 9.88 Å². The second-order valence-electron chi connectivity index (χ2n) is 4.61. The van der Waals surface area contributed by atoms with Crippen LogP contribution in [-0.4, -0.2) is 55.3 Å². The zero-order valence-corrected chi connectivity index (χ0v) is 13.1. The van der Waals surface area contributed by atoms with Gasteiger partial charge in [0.25, 0.3) is 5.91 Å². The highest BCUT2D eigenvalue weighted by Gasteiger charge is 2.16. The lowest BCUT2D eigenvalue weighted by Crippen LogP contribution is -2.37. The van der Waals surface area contributed by atoms with Gasteiger partial charge in [-0.25, -0.2) is 4.98 Å². The summed E-state index contributed by atoms with van der Waals surface area (Å²) in [5.74, 6) is 0.277. The van der Waals surface area contributed by atoms with Crippen LogP contribution < -0.4 is 5.73 Å². The van der Waals surface area contributed by atoms with Gasteiger partial charge in [0, 0.05) is 37.6 Å². The molecule has 118 valence electrons. The molecule has 0 aromatic carbocycles. The normalized spacial score (nSPS) is 10.6. The first-order valence-corrected chi connectivity index (χ1v) is 7.27. The molecule has 0 bridgehead atoms. The molecule has 1 amide bonds. The first-order chi connectivity index (χ1) is 10.1. The number of carbonyl (C=O) groups excluding carboxylic acids is 1. The van der Waals surface area contributed by atoms with E-state index in [1.54, 1.807) is 17.0 Å². The molecule has 21 heavy (non-hydrogen) atoms. The molecule has 6 heteroatoms. The van der Waals surface area contributed by atoms with Crippen LogP contribution >= 0.6 is 0 Å². The molecular formula is C15H25N3O3. The van der Waals surface area contributed by atoms with E-state index in [9.17, 15) is 4.79 Å². The average molecular weight is 295 g/mol. The van der Waals surface area contributed by atoms with Crippen molar-refractivity contribution in [3.63, 3.8) is 0 Å². The average Bonchev–Trinajstić information content (AvgIpc) is 2.44. The highest BCUT2D eigenvalue weighted by Crippen LogP contribution is 2.10. The molecule has 0 radical (unpaired) electrons. The number of ether oxygens (including phenoxy) is 2. The number of aromatic nitrogens is 1. The van der Waals surface area contributed by atoms with E-state index in [2.05, 4.69) is 4.98 Å². The standard InChI is InChI=1S/C15H25N3O3/c1-4-20-8-6-18(7-9-21-5-2)15(19)13-10-12(3)17-14(16)11-13/h10-11H,4-9H2,1-3H3,(H2,16,17). The Balaban J connectivity index is 2.76. The monoisotopic (exact) mass is 295 g/mol. The molecule has 0 aliphatic rings. The largest absolute Gasteiger partial charge is 0.384 e. The molecule has 2 N–H and O–H groups in total. The Labute approximate surface area is 126 Å². The molecule has 1 heterocycles. The number of hydrogen-bond acceptors (Lipinski definition) is 5. The van der Waals surface area contributed by atoms with Gasteiger partial charge < -0.3 is 20.1 Å². The Morgan fingerprint density at radius 1 is 1.19 bits per heavy atom. The number of amides is 1. The summed E-state index contributed by atoms with van der Waals surface area (Å²) in [6.45, 7) is 9.02. The fourth-order valence-electron chi connectivity index (χ4n) is 1.95. The van der Waals surface area contributed by atoms with Gasteiger partial charge in [-0.05, 0) is 32.9 Å². The zero-order chi connectivity index (χ0) is 15.7. The summed E-state index contributed by atoms with van der Waals surface area (Å²) in [5, 5.41) is 0. The van der Waals surface area contributed by atoms with E-state index in [1.165, 1.54) is 0 Å². The van der Waals surface area contributed by atoms with Crippen LogP contribution in [0.25, 0.3) is 0 Å². The van der Waals surface area contributed by atoms with E-state index in [0.717, 1.165) is 5.69 Å². The van der Waals surface area contributed by atoms with Crippen LogP contribution in [-0.2, 0) is 9.47 Å². The van der Waals surface area contributed by atoms with Crippen LogP contribution in [0, 0.1) is 6.92 Å². The van der Waals surface area contributed by atoms with E-state index in [4.69, 9.17) is 15.2 Å². The summed E-state index contributed by atoms with van der Waals surface area (Å²) in [7, 11) is 0. The van der Waals surface area contributed by atoms with Crippen molar-refractivity contribution in [1.29, 1.82) is 0 Å². The fraction of sp³-hybridized carbons (Fsp3) is 0.600. The second-order valence-corrected chi connectivity index (χ2v) is 4.61. The van der Waals surface area contributed by atoms with Gasteiger partial charge in [-0.15, -0.1) is 0 Å². The molecule has 1 aromatic heterocycles. The Morgan fingerprint density at radius 3 is 2.24 bits per heavy atom. The van der Waals surface area contributed by atoms with Crippen molar-refractivity contribution in [2.75, 3.05) is 45.3 Å². The van der Waals surface area contributed by atoms with E-state index in [-0.39, 0.29) is 5.91 Å². The minimum absolute atomic E-state index is 0.0772. The number of aryl methyl sites for hydroxylation is 1. The quantitative estimate of drug-likeness (QED) is 0.698. The van der Waals surface area contributed by atoms with Gasteiger partial charge in [0.15, 0.2) is 0 Å². The van der Waals surface area contributed by atoms with Crippen molar-refractivity contribution in [2.45, 2.75) is 20.8 Å². The minimum Gasteiger partial charge on any atom is -0.384 e. The maximum Gasteiger partial charge on any atom is 0.254 e. The van der Waals surface area contributed by atoms with Crippen molar-refractivity contribution in [2.24, 2.45) is 0 Å². The second kappa shape index (κ2) is 9.31. The Morgan fingerprint density at radius 2 is 1.76 bits per heavy atom. The van der Waals surface area contributed by atoms with Crippen LogP contribution in [0.15, 0.2) is 12.1 Å². The maximum atomic E-state index is 12.6. The predicted molar refractivity (Wildman–Crippen MR) is 82.3 cm³/mol. The number of anilines is 1. The van der Waals surface area contributed by atoms with Gasteiger partial charge in [-0.1, -0.05) is 0 Å². The molecule has 0 fully saturated rings. The van der Waals surface area contributed by atoms with E-state index in [0.29, 0.717) is 50.9 Å². The summed E-state index contributed by atoms with van der Waals surface area (Å²) in [6.07, 6.45) is 0. The molecule has 0 aliphatic carbocycles. The summed E-state index contributed by atoms with van der Waals surface area (Å²) in [6, 6.07) is 3.34. The highest BCUT2D eigenvalue weighted by atomic mass is 16.5. The summed E-state index contributed by atoms with van der Waals surface area (Å²) >= 11 is 0. The third-order valence-corrected chi connectivity index (χ3v) is 2.93. The van der Waals surface area contributed by atoms with Crippen LogP contribution in [0.1, 0.15) is 29.9 Å². The van der Waals surface area contributed by atoms with Crippen LogP contribution in [0.5, 0.6) is 0 Å². The van der Waals surface area contributed by atoms with Gasteiger partial charge >= 0.3 is 0 Å². The van der Waals surface area contributed by atoms with E-state index in [1.807, 2.05) is 20.8 Å². The molecule has 0 saturated carbocycles. The zero-order valence-electron chi connectivity index (χ0n) is 13.1. The predicted octanol–water partition coefficient (Wildman–Crippen LogP) is 1.49. The molecular weight excluding hydrogens is 270 g/mol. The molecule has 0 aliphatic heterocycles. The number of pyridine rings is 1. The summed E-state index contributed by atoms with van der Waals surface area (Å²) < 4.78 is 10.7. The van der Waals surface area contributed by atoms with Gasteiger partial charge in [-0.3, -0.25) is 4.79 Å². The molecule has 0 atom stereocenters. The van der Waals surface area contributed by atoms with Crippen LogP contribution in [0.2, 0.25) is 0 Å². The van der Waals surface area contributed by atoms with E-state index < -0.39 is 0 Å². The maximum absolute atomic E-state index is 12.6. The van der Waals surface area contributed by atoms with Crippen molar-refractivity contribution in [3.8, 4) is 0 Å². The molecule has 0 saturated heterocycles. The Hall–Kier alpha value is -1.66. The third-order valence-electron chi connectivity index (χ3n) is 2.93. The Kier molecular flexibility index (Phi) is 7.71. The van der Waals surface area contributed by atoms with Gasteiger partial charge in [0.2, 0.25) is 0 Å². The fourth-order valence-corrected chi connectivity index (χ4v) is 1.95.